The highest BCUT2D eigenvalue weighted by Gasteiger charge is 2.74. The number of Topliss-reactive ketones (excluding diaryl/α,β-unsaturated/α-hetero) is 1. The van der Waals surface area contributed by atoms with Gasteiger partial charge in [0.2, 0.25) is 17.7 Å². The number of para-hydroxylation sites is 1. The molecule has 0 radical (unpaired) electrons. The van der Waals surface area contributed by atoms with Crippen molar-refractivity contribution in [3.63, 3.8) is 0 Å². The molecule has 2 saturated heterocycles. The number of hydrogen-bond donors (Lipinski definition) is 8. The Labute approximate surface area is 436 Å². The Bertz CT molecular complexity index is 2940. The van der Waals surface area contributed by atoms with Gasteiger partial charge in [0.05, 0.1) is 33.8 Å². The first-order chi connectivity index (χ1) is 36.0. The van der Waals surface area contributed by atoms with Crippen LogP contribution in [0.1, 0.15) is 111 Å². The standard InChI is InChI=1S/C33H37N3O6.C21H27N3O6.C3H8/c1-2-34-26(39)17-41-16-21(37)12-20-4-3-5-22-23-14-33(40)25-13-19-8-9-24(38)30-27(19)32(33,10-11-36(25)15-18-6-7-18)31(42-30)29(23)35-28(20)22;1-24-7-6-20-17-11-2-3-13(25)18(17)30-19(20)12(4-5-21(20,28)14(24)8-11)23-16(27)10-29-9-15(22)26;1-3-2/h3-5,8-9,18,25,31,35,38,40H,2,6-7,10-17H2,1H3,(H,34,39);2-3,12,14,19,25,28H,4-10H2,1H3,(H2,22,26)(H,23,27);3H2,1-2H3/t25?,31-,32-,33?;12-,14?,19-,20-,21+;/m00./s1. The third-order valence-corrected chi connectivity index (χ3v) is 18.1. The number of benzene rings is 3. The van der Waals surface area contributed by atoms with Gasteiger partial charge < -0.3 is 65.6 Å². The number of nitrogens with one attached hydrogen (secondary N) is 3. The summed E-state index contributed by atoms with van der Waals surface area (Å²) in [5.74, 6) is 0.483. The van der Waals surface area contributed by atoms with Gasteiger partial charge in [-0.2, -0.15) is 0 Å². The summed E-state index contributed by atoms with van der Waals surface area (Å²) in [5, 5.41) is 53.1. The van der Waals surface area contributed by atoms with Crippen LogP contribution in [-0.4, -0.2) is 154 Å². The van der Waals surface area contributed by atoms with Crippen LogP contribution in [0.4, 0.5) is 0 Å². The van der Waals surface area contributed by atoms with E-state index in [1.54, 1.807) is 12.1 Å². The number of fused-ring (bicyclic) bond motifs is 4. The van der Waals surface area contributed by atoms with E-state index in [1.807, 2.05) is 38.2 Å². The lowest BCUT2D eigenvalue weighted by atomic mass is 9.48. The second-order valence-corrected chi connectivity index (χ2v) is 22.7. The summed E-state index contributed by atoms with van der Waals surface area (Å²) >= 11 is 0. The molecule has 2 saturated carbocycles. The molecule has 2 spiro atoms. The van der Waals surface area contributed by atoms with Gasteiger partial charge in [-0.05, 0) is 119 Å². The minimum Gasteiger partial charge on any atom is -0.504 e. The van der Waals surface area contributed by atoms with Gasteiger partial charge in [0, 0.05) is 60.0 Å². The average molecular weight is 1030 g/mol. The summed E-state index contributed by atoms with van der Waals surface area (Å²) in [7, 11) is 2.04. The van der Waals surface area contributed by atoms with E-state index < -0.39 is 40.1 Å². The van der Waals surface area contributed by atoms with Crippen LogP contribution in [0.15, 0.2) is 42.5 Å². The van der Waals surface area contributed by atoms with Crippen molar-refractivity contribution in [1.29, 1.82) is 0 Å². The number of hydrogen-bond acceptors (Lipinski definition) is 14. The number of nitrogens with zero attached hydrogens (tertiary/aromatic N) is 2. The minimum absolute atomic E-state index is 0.0362. The summed E-state index contributed by atoms with van der Waals surface area (Å²) < 4.78 is 23.4. The number of nitrogens with two attached hydrogens (primary N) is 1. The van der Waals surface area contributed by atoms with Crippen LogP contribution in [-0.2, 0) is 65.2 Å². The number of aliphatic hydroxyl groups is 2. The van der Waals surface area contributed by atoms with E-state index in [4.69, 9.17) is 24.7 Å². The van der Waals surface area contributed by atoms with Crippen LogP contribution in [0, 0.1) is 5.92 Å². The van der Waals surface area contributed by atoms with Crippen molar-refractivity contribution in [3.05, 3.63) is 81.5 Å². The van der Waals surface area contributed by atoms with Crippen LogP contribution in [0.2, 0.25) is 0 Å². The molecule has 1 aromatic heterocycles. The van der Waals surface area contributed by atoms with E-state index in [1.165, 1.54) is 24.8 Å². The fourth-order valence-electron chi connectivity index (χ4n) is 15.0. The van der Waals surface area contributed by atoms with Gasteiger partial charge in [0.15, 0.2) is 34.9 Å². The van der Waals surface area contributed by atoms with Gasteiger partial charge in [-0.15, -0.1) is 0 Å². The lowest BCUT2D eigenvalue weighted by Crippen LogP contribution is -2.77. The van der Waals surface area contributed by atoms with E-state index in [0.29, 0.717) is 56.1 Å². The second kappa shape index (κ2) is 19.4. The van der Waals surface area contributed by atoms with Crippen LogP contribution in [0.3, 0.4) is 0 Å². The number of rotatable bonds is 14. The maximum Gasteiger partial charge on any atom is 0.246 e. The van der Waals surface area contributed by atoms with E-state index in [9.17, 15) is 39.6 Å². The van der Waals surface area contributed by atoms with Crippen LogP contribution < -0.4 is 25.8 Å². The number of ketones is 1. The van der Waals surface area contributed by atoms with E-state index in [0.717, 1.165) is 76.9 Å². The van der Waals surface area contributed by atoms with Crippen molar-refractivity contribution in [2.45, 2.75) is 144 Å². The summed E-state index contributed by atoms with van der Waals surface area (Å²) in [6.07, 6.45) is 7.39. The van der Waals surface area contributed by atoms with Crippen molar-refractivity contribution in [2.75, 3.05) is 59.7 Å². The summed E-state index contributed by atoms with van der Waals surface area (Å²) in [6, 6.07) is 12.8. The third-order valence-electron chi connectivity index (χ3n) is 18.1. The van der Waals surface area contributed by atoms with Crippen molar-refractivity contribution >= 4 is 34.4 Å². The van der Waals surface area contributed by atoms with Crippen LogP contribution in [0.25, 0.3) is 10.9 Å². The quantitative estimate of drug-likeness (QED) is 0.0901. The van der Waals surface area contributed by atoms with Gasteiger partial charge in [-0.3, -0.25) is 24.1 Å². The van der Waals surface area contributed by atoms with Crippen molar-refractivity contribution in [3.8, 4) is 23.0 Å². The van der Waals surface area contributed by atoms with Crippen LogP contribution in [0.5, 0.6) is 23.0 Å². The number of ether oxygens (including phenoxy) is 4. The number of amides is 3. The largest absolute Gasteiger partial charge is 0.504 e. The van der Waals surface area contributed by atoms with Gasteiger partial charge in [-0.25, -0.2) is 0 Å². The Morgan fingerprint density at radius 2 is 1.47 bits per heavy atom. The first-order valence-corrected chi connectivity index (χ1v) is 27.1. The zero-order chi connectivity index (χ0) is 52.8. The molecule has 3 amide bonds. The number of primary amides is 1. The van der Waals surface area contributed by atoms with E-state index in [2.05, 4.69) is 45.3 Å². The van der Waals surface area contributed by atoms with E-state index in [-0.39, 0.29) is 80.1 Å². The molecule has 9 aliphatic rings. The number of aromatic hydroxyl groups is 2. The number of carbonyl (C=O) groups excluding carboxylic acids is 4. The molecule has 9 atom stereocenters. The number of phenols is 2. The number of phenolic OH excluding ortho intramolecular Hbond substituents is 2. The highest BCUT2D eigenvalue weighted by atomic mass is 16.5. The Kier molecular flexibility index (Phi) is 13.3. The molecule has 75 heavy (non-hydrogen) atoms. The fourth-order valence-corrected chi connectivity index (χ4v) is 15.0. The number of piperidine rings is 2. The molecule has 13 rings (SSSR count). The van der Waals surface area contributed by atoms with Crippen molar-refractivity contribution < 1.29 is 58.6 Å². The number of likely N-dealkylation sites (N-methyl/N-ethyl adjacent to an activating group) is 2. The van der Waals surface area contributed by atoms with Crippen LogP contribution >= 0.6 is 0 Å². The normalized spacial score (nSPS) is 30.7. The first kappa shape index (κ1) is 51.4. The predicted octanol–water partition coefficient (Wildman–Crippen LogP) is 3.42. The van der Waals surface area contributed by atoms with Crippen molar-refractivity contribution in [2.24, 2.45) is 11.7 Å². The molecule has 402 valence electrons. The maximum atomic E-state index is 13.0. The average Bonchev–Trinajstić information content (AvgIpc) is 3.84. The second-order valence-electron chi connectivity index (χ2n) is 22.7. The van der Waals surface area contributed by atoms with Gasteiger partial charge in [0.1, 0.15) is 32.5 Å². The SMILES string of the molecule is CCC.CCNC(=O)COCC(=O)Cc1cccc2c3c([nH]c12)[C@@H]1Oc2c(O)ccc4c2[C@@]12CCN(CC1CC1)C(C4)C2(O)C3.CN1CC[C@]23c4c5ccc(O)c4O[C@H]2[C@@H](NC(=O)COCC(N)=O)CC[C@@]3(O)C1C5. The summed E-state index contributed by atoms with van der Waals surface area (Å²) in [6.45, 7) is 8.42. The number of H-pyrrole nitrogens is 1. The molecule has 4 bridgehead atoms. The number of carbonyl (C=O) groups is 4. The highest BCUT2D eigenvalue weighted by molar-refractivity contribution is 5.93. The van der Waals surface area contributed by atoms with Gasteiger partial charge in [-0.1, -0.05) is 50.6 Å². The highest BCUT2D eigenvalue weighted by Crippen LogP contribution is 2.70. The first-order valence-electron chi connectivity index (χ1n) is 27.1. The van der Waals surface area contributed by atoms with E-state index >= 15 is 0 Å². The maximum absolute atomic E-state index is 13.0. The fraction of sp³-hybridized carbons (Fsp3) is 0.579. The molecule has 3 unspecified atom stereocenters. The monoisotopic (exact) mass is 1030 g/mol. The summed E-state index contributed by atoms with van der Waals surface area (Å²) in [5.41, 5.74) is 9.46. The Hall–Kier alpha value is -5.76. The predicted molar refractivity (Wildman–Crippen MR) is 276 cm³/mol. The smallest absolute Gasteiger partial charge is 0.246 e. The molecular weight excluding hydrogens is 961 g/mol. The topological polar surface area (TPSA) is 258 Å². The lowest BCUT2D eigenvalue weighted by Gasteiger charge is -2.63. The lowest BCUT2D eigenvalue weighted by molar-refractivity contribution is -0.187. The molecule has 18 nitrogen and oxygen atoms in total. The molecule has 3 aromatic carbocycles. The zero-order valence-corrected chi connectivity index (χ0v) is 43.5. The number of aromatic amines is 1. The number of likely N-dealkylation sites (tertiary alicyclic amines) is 2. The molecular formula is C57H72N6O12. The molecule has 5 heterocycles. The Morgan fingerprint density at radius 1 is 0.800 bits per heavy atom. The Morgan fingerprint density at radius 3 is 2.17 bits per heavy atom. The zero-order valence-electron chi connectivity index (χ0n) is 43.5. The molecule has 5 aliphatic carbocycles. The molecule has 18 heteroatoms. The minimum atomic E-state index is -1.06. The van der Waals surface area contributed by atoms with Crippen molar-refractivity contribution in [1.82, 2.24) is 25.4 Å². The third kappa shape index (κ3) is 8.02. The van der Waals surface area contributed by atoms with Gasteiger partial charge in [0.25, 0.3) is 0 Å². The molecule has 4 fully saturated rings. The number of aromatic nitrogens is 1. The summed E-state index contributed by atoms with van der Waals surface area (Å²) in [4.78, 5) is 56.2. The van der Waals surface area contributed by atoms with Gasteiger partial charge >= 0.3 is 0 Å². The molecule has 4 aliphatic heterocycles. The molecule has 4 aromatic rings. The Balaban J connectivity index is 0.000000161. The molecule has 9 N–H and O–H groups in total.